The molecule has 0 saturated carbocycles. The van der Waals surface area contributed by atoms with Gasteiger partial charge in [-0.3, -0.25) is 9.59 Å². The molecule has 1 N–H and O–H groups in total. The van der Waals surface area contributed by atoms with E-state index in [9.17, 15) is 9.59 Å². The van der Waals surface area contributed by atoms with Crippen LogP contribution in [0.3, 0.4) is 0 Å². The van der Waals surface area contributed by atoms with Crippen LogP contribution in [0.5, 0.6) is 5.75 Å². The highest BCUT2D eigenvalue weighted by Crippen LogP contribution is 2.35. The van der Waals surface area contributed by atoms with Crippen LogP contribution in [-0.2, 0) is 16.1 Å². The topological polar surface area (TPSA) is 71.8 Å². The van der Waals surface area contributed by atoms with Crippen molar-refractivity contribution in [3.05, 3.63) is 54.0 Å². The van der Waals surface area contributed by atoms with Crippen LogP contribution >= 0.6 is 0 Å². The van der Waals surface area contributed by atoms with E-state index in [-0.39, 0.29) is 35.6 Å². The summed E-state index contributed by atoms with van der Waals surface area (Å²) in [5.41, 5.74) is 0.787. The molecule has 6 heteroatoms. The first-order valence-electron chi connectivity index (χ1n) is 9.52. The standard InChI is InChI=1S/C22H28N2O4/c1-22(2,3)20(15-7-5-8-17(11-15)27-4)23-21(26)16-12-19(25)24(13-16)14-18-9-6-10-28-18/h5-11,16,20H,12-14H2,1-4H3,(H,23,26)/t16-,20+/m1/s1. The molecule has 1 aromatic carbocycles. The van der Waals surface area contributed by atoms with E-state index in [0.717, 1.165) is 17.1 Å². The Balaban J connectivity index is 1.71. The average molecular weight is 384 g/mol. The molecule has 1 fully saturated rings. The van der Waals surface area contributed by atoms with E-state index < -0.39 is 0 Å². The highest BCUT2D eigenvalue weighted by molar-refractivity contribution is 5.89. The maximum Gasteiger partial charge on any atom is 0.225 e. The van der Waals surface area contributed by atoms with Crippen LogP contribution in [0.15, 0.2) is 47.1 Å². The molecule has 0 unspecified atom stereocenters. The number of likely N-dealkylation sites (tertiary alicyclic amines) is 1. The summed E-state index contributed by atoms with van der Waals surface area (Å²) >= 11 is 0. The minimum absolute atomic E-state index is 0.0229. The molecular weight excluding hydrogens is 356 g/mol. The van der Waals surface area contributed by atoms with Gasteiger partial charge in [0.2, 0.25) is 11.8 Å². The Labute approximate surface area is 165 Å². The summed E-state index contributed by atoms with van der Waals surface area (Å²) in [6.45, 7) is 7.05. The van der Waals surface area contributed by atoms with Gasteiger partial charge in [-0.15, -0.1) is 0 Å². The third kappa shape index (κ3) is 4.55. The lowest BCUT2D eigenvalue weighted by Crippen LogP contribution is -2.40. The summed E-state index contributed by atoms with van der Waals surface area (Å²) in [7, 11) is 1.63. The zero-order valence-electron chi connectivity index (χ0n) is 16.9. The maximum absolute atomic E-state index is 13.0. The molecule has 2 amide bonds. The zero-order chi connectivity index (χ0) is 20.3. The number of nitrogens with one attached hydrogen (secondary N) is 1. The monoisotopic (exact) mass is 384 g/mol. The molecule has 3 rings (SSSR count). The lowest BCUT2D eigenvalue weighted by atomic mass is 9.82. The van der Waals surface area contributed by atoms with Gasteiger partial charge in [-0.1, -0.05) is 32.9 Å². The molecule has 0 aliphatic carbocycles. The molecule has 2 atom stereocenters. The largest absolute Gasteiger partial charge is 0.497 e. The Morgan fingerprint density at radius 3 is 2.75 bits per heavy atom. The van der Waals surface area contributed by atoms with Crippen molar-refractivity contribution >= 4 is 11.8 Å². The van der Waals surface area contributed by atoms with Gasteiger partial charge < -0.3 is 19.4 Å². The van der Waals surface area contributed by atoms with Crippen LogP contribution in [-0.4, -0.2) is 30.4 Å². The van der Waals surface area contributed by atoms with Gasteiger partial charge in [0.25, 0.3) is 0 Å². The Bertz CT molecular complexity index is 823. The number of furan rings is 1. The van der Waals surface area contributed by atoms with Gasteiger partial charge in [0.15, 0.2) is 0 Å². The first-order valence-corrected chi connectivity index (χ1v) is 9.52. The highest BCUT2D eigenvalue weighted by atomic mass is 16.5. The second kappa shape index (κ2) is 8.09. The number of carbonyl (C=O) groups is 2. The predicted molar refractivity (Wildman–Crippen MR) is 106 cm³/mol. The summed E-state index contributed by atoms with van der Waals surface area (Å²) in [6, 6.07) is 11.2. The van der Waals surface area contributed by atoms with Gasteiger partial charge in [0.05, 0.1) is 31.9 Å². The van der Waals surface area contributed by atoms with Crippen molar-refractivity contribution in [2.45, 2.75) is 39.8 Å². The summed E-state index contributed by atoms with van der Waals surface area (Å²) in [5.74, 6) is 0.987. The molecule has 1 aliphatic heterocycles. The Morgan fingerprint density at radius 2 is 2.11 bits per heavy atom. The molecule has 2 heterocycles. The predicted octanol–water partition coefficient (Wildman–Crippen LogP) is 3.54. The zero-order valence-corrected chi connectivity index (χ0v) is 16.9. The number of benzene rings is 1. The quantitative estimate of drug-likeness (QED) is 0.827. The molecule has 1 saturated heterocycles. The van der Waals surface area contributed by atoms with E-state index in [0.29, 0.717) is 13.1 Å². The number of ether oxygens (including phenoxy) is 1. The van der Waals surface area contributed by atoms with Crippen molar-refractivity contribution in [1.82, 2.24) is 10.2 Å². The lowest BCUT2D eigenvalue weighted by molar-refractivity contribution is -0.129. The summed E-state index contributed by atoms with van der Waals surface area (Å²) in [5, 5.41) is 3.17. The molecule has 1 aliphatic rings. The minimum Gasteiger partial charge on any atom is -0.497 e. The molecule has 0 radical (unpaired) electrons. The van der Waals surface area contributed by atoms with E-state index in [1.54, 1.807) is 24.3 Å². The second-order valence-corrected chi connectivity index (χ2v) is 8.34. The van der Waals surface area contributed by atoms with Crippen LogP contribution < -0.4 is 10.1 Å². The molecule has 1 aromatic heterocycles. The second-order valence-electron chi connectivity index (χ2n) is 8.34. The Hall–Kier alpha value is -2.76. The van der Waals surface area contributed by atoms with Gasteiger partial charge in [0.1, 0.15) is 11.5 Å². The smallest absolute Gasteiger partial charge is 0.225 e. The lowest BCUT2D eigenvalue weighted by Gasteiger charge is -2.33. The van der Waals surface area contributed by atoms with Crippen LogP contribution in [0.4, 0.5) is 0 Å². The van der Waals surface area contributed by atoms with E-state index >= 15 is 0 Å². The van der Waals surface area contributed by atoms with Crippen LogP contribution in [0.2, 0.25) is 0 Å². The van der Waals surface area contributed by atoms with Crippen LogP contribution in [0.1, 0.15) is 44.6 Å². The third-order valence-corrected chi connectivity index (χ3v) is 5.09. The first-order chi connectivity index (χ1) is 13.3. The number of nitrogens with zero attached hydrogens (tertiary/aromatic N) is 1. The van der Waals surface area contributed by atoms with E-state index in [1.807, 2.05) is 30.3 Å². The third-order valence-electron chi connectivity index (χ3n) is 5.09. The van der Waals surface area contributed by atoms with Crippen LogP contribution in [0, 0.1) is 11.3 Å². The van der Waals surface area contributed by atoms with Crippen molar-refractivity contribution in [3.63, 3.8) is 0 Å². The number of amides is 2. The van der Waals surface area contributed by atoms with Crippen molar-refractivity contribution < 1.29 is 18.7 Å². The summed E-state index contributed by atoms with van der Waals surface area (Å²) in [4.78, 5) is 27.0. The number of hydrogen-bond donors (Lipinski definition) is 1. The summed E-state index contributed by atoms with van der Waals surface area (Å²) in [6.07, 6.45) is 1.81. The van der Waals surface area contributed by atoms with Gasteiger partial charge in [-0.05, 0) is 35.2 Å². The van der Waals surface area contributed by atoms with E-state index in [1.165, 1.54) is 0 Å². The van der Waals surface area contributed by atoms with Gasteiger partial charge >= 0.3 is 0 Å². The minimum atomic E-state index is -0.363. The SMILES string of the molecule is COc1cccc([C@H](NC(=O)[C@@H]2CC(=O)N(Cc3ccco3)C2)C(C)(C)C)c1. The molecule has 28 heavy (non-hydrogen) atoms. The Morgan fingerprint density at radius 1 is 1.32 bits per heavy atom. The van der Waals surface area contributed by atoms with Gasteiger partial charge in [-0.25, -0.2) is 0 Å². The average Bonchev–Trinajstić information content (AvgIpc) is 3.29. The fourth-order valence-corrected chi connectivity index (χ4v) is 3.57. The summed E-state index contributed by atoms with van der Waals surface area (Å²) < 4.78 is 10.6. The van der Waals surface area contributed by atoms with Gasteiger partial charge in [0, 0.05) is 13.0 Å². The maximum atomic E-state index is 13.0. The molecule has 0 spiro atoms. The highest BCUT2D eigenvalue weighted by Gasteiger charge is 2.37. The first kappa shape index (κ1) is 20.0. The number of rotatable bonds is 6. The normalized spacial score (nSPS) is 18.2. The number of carbonyl (C=O) groups excluding carboxylic acids is 2. The fraction of sp³-hybridized carbons (Fsp3) is 0.455. The van der Waals surface area contributed by atoms with Crippen LogP contribution in [0.25, 0.3) is 0 Å². The van der Waals surface area contributed by atoms with Crippen molar-refractivity contribution in [2.75, 3.05) is 13.7 Å². The number of hydrogen-bond acceptors (Lipinski definition) is 4. The van der Waals surface area contributed by atoms with E-state index in [2.05, 4.69) is 26.1 Å². The van der Waals surface area contributed by atoms with Crippen molar-refractivity contribution in [1.29, 1.82) is 0 Å². The van der Waals surface area contributed by atoms with Gasteiger partial charge in [-0.2, -0.15) is 0 Å². The van der Waals surface area contributed by atoms with Crippen molar-refractivity contribution in [2.24, 2.45) is 11.3 Å². The Kier molecular flexibility index (Phi) is 5.77. The molecule has 6 nitrogen and oxygen atoms in total. The molecule has 150 valence electrons. The molecular formula is C22H28N2O4. The number of methoxy groups -OCH3 is 1. The van der Waals surface area contributed by atoms with E-state index in [4.69, 9.17) is 9.15 Å². The van der Waals surface area contributed by atoms with Crippen molar-refractivity contribution in [3.8, 4) is 5.75 Å². The molecule has 2 aromatic rings. The molecule has 0 bridgehead atoms. The fourth-order valence-electron chi connectivity index (χ4n) is 3.57.